The summed E-state index contributed by atoms with van der Waals surface area (Å²) in [4.78, 5) is 4.44. The van der Waals surface area contributed by atoms with Crippen molar-refractivity contribution in [1.29, 1.82) is 0 Å². The first kappa shape index (κ1) is 15.1. The number of hydrogen-bond acceptors (Lipinski definition) is 4. The smallest absolute Gasteiger partial charge is 0.128 e. The van der Waals surface area contributed by atoms with Gasteiger partial charge in [-0.2, -0.15) is 0 Å². The van der Waals surface area contributed by atoms with Gasteiger partial charge in [0.2, 0.25) is 0 Å². The number of nitrogens with zero attached hydrogens (tertiary/aromatic N) is 2. The molecule has 1 unspecified atom stereocenters. The quantitative estimate of drug-likeness (QED) is 0.645. The second-order valence-corrected chi connectivity index (χ2v) is 4.16. The van der Waals surface area contributed by atoms with Gasteiger partial charge >= 0.3 is 0 Å². The molecule has 1 aromatic heterocycles. The summed E-state index contributed by atoms with van der Waals surface area (Å²) in [7, 11) is 1.68. The van der Waals surface area contributed by atoms with Crippen LogP contribution in [-0.4, -0.2) is 43.0 Å². The predicted molar refractivity (Wildman–Crippen MR) is 71.6 cm³/mol. The maximum atomic E-state index is 5.60. The van der Waals surface area contributed by atoms with E-state index in [1.165, 1.54) is 0 Å². The molecule has 0 fully saturated rings. The Morgan fingerprint density at radius 3 is 2.89 bits per heavy atom. The van der Waals surface area contributed by atoms with Crippen molar-refractivity contribution in [3.63, 3.8) is 0 Å². The number of ether oxygens (including phenoxy) is 2. The molecule has 0 bridgehead atoms. The molecule has 1 aromatic rings. The number of nitrogens with one attached hydrogen (secondary N) is 1. The highest BCUT2D eigenvalue weighted by atomic mass is 16.5. The standard InChI is InChI=1S/C13H25N3O2/c1-4-7-16-8-6-15-13(16)12(14-5-2)11-18-10-9-17-3/h6,8,12,14H,4-5,7,9-11H2,1-3H3. The molecule has 0 radical (unpaired) electrons. The minimum absolute atomic E-state index is 0.147. The second-order valence-electron chi connectivity index (χ2n) is 4.16. The number of likely N-dealkylation sites (N-methyl/N-ethyl adjacent to an activating group) is 1. The molecule has 0 aliphatic heterocycles. The van der Waals surface area contributed by atoms with E-state index in [-0.39, 0.29) is 6.04 Å². The Balaban J connectivity index is 2.56. The van der Waals surface area contributed by atoms with Crippen LogP contribution < -0.4 is 5.32 Å². The molecule has 0 saturated carbocycles. The summed E-state index contributed by atoms with van der Waals surface area (Å²) >= 11 is 0. The van der Waals surface area contributed by atoms with Crippen LogP contribution >= 0.6 is 0 Å². The second kappa shape index (κ2) is 9.08. The van der Waals surface area contributed by atoms with Crippen LogP contribution in [0.25, 0.3) is 0 Å². The zero-order valence-electron chi connectivity index (χ0n) is 11.7. The topological polar surface area (TPSA) is 48.3 Å². The van der Waals surface area contributed by atoms with Gasteiger partial charge in [-0.25, -0.2) is 4.98 Å². The largest absolute Gasteiger partial charge is 0.382 e. The predicted octanol–water partition coefficient (Wildman–Crippen LogP) is 1.61. The summed E-state index contributed by atoms with van der Waals surface area (Å²) in [5.41, 5.74) is 0. The molecule has 0 saturated heterocycles. The molecule has 0 spiro atoms. The molecule has 1 atom stereocenters. The summed E-state index contributed by atoms with van der Waals surface area (Å²) in [5.74, 6) is 1.05. The van der Waals surface area contributed by atoms with E-state index < -0.39 is 0 Å². The number of methoxy groups -OCH3 is 1. The van der Waals surface area contributed by atoms with E-state index in [4.69, 9.17) is 9.47 Å². The third kappa shape index (κ3) is 4.76. The van der Waals surface area contributed by atoms with Crippen molar-refractivity contribution in [2.24, 2.45) is 0 Å². The number of aryl methyl sites for hydroxylation is 1. The molecule has 5 nitrogen and oxygen atoms in total. The first-order valence-electron chi connectivity index (χ1n) is 6.64. The summed E-state index contributed by atoms with van der Waals surface area (Å²) in [6.45, 7) is 8.02. The van der Waals surface area contributed by atoms with Gasteiger partial charge in [0.15, 0.2) is 0 Å². The van der Waals surface area contributed by atoms with Crippen LogP contribution in [0.5, 0.6) is 0 Å². The van der Waals surface area contributed by atoms with Crippen molar-refractivity contribution < 1.29 is 9.47 Å². The lowest BCUT2D eigenvalue weighted by atomic mass is 10.3. The van der Waals surface area contributed by atoms with E-state index in [2.05, 4.69) is 28.7 Å². The van der Waals surface area contributed by atoms with Crippen LogP contribution in [-0.2, 0) is 16.0 Å². The molecule has 0 amide bonds. The molecule has 5 heteroatoms. The van der Waals surface area contributed by atoms with Crippen molar-refractivity contribution in [1.82, 2.24) is 14.9 Å². The van der Waals surface area contributed by atoms with Gasteiger partial charge in [-0.05, 0) is 13.0 Å². The first-order chi connectivity index (χ1) is 8.83. The number of imidazole rings is 1. The van der Waals surface area contributed by atoms with E-state index >= 15 is 0 Å². The van der Waals surface area contributed by atoms with Crippen LogP contribution in [0.15, 0.2) is 12.4 Å². The average molecular weight is 255 g/mol. The number of hydrogen-bond donors (Lipinski definition) is 1. The van der Waals surface area contributed by atoms with Crippen LogP contribution in [0.2, 0.25) is 0 Å². The molecular formula is C13H25N3O2. The van der Waals surface area contributed by atoms with Crippen molar-refractivity contribution in [2.75, 3.05) is 33.5 Å². The molecule has 0 aromatic carbocycles. The van der Waals surface area contributed by atoms with E-state index in [1.54, 1.807) is 7.11 Å². The van der Waals surface area contributed by atoms with Crippen molar-refractivity contribution >= 4 is 0 Å². The molecule has 1 rings (SSSR count). The maximum absolute atomic E-state index is 5.60. The number of aromatic nitrogens is 2. The molecule has 0 aliphatic rings. The fourth-order valence-corrected chi connectivity index (χ4v) is 1.88. The van der Waals surface area contributed by atoms with E-state index in [9.17, 15) is 0 Å². The number of rotatable bonds is 10. The third-order valence-corrected chi connectivity index (χ3v) is 2.69. The summed E-state index contributed by atoms with van der Waals surface area (Å²) in [5, 5.41) is 3.41. The zero-order chi connectivity index (χ0) is 13.2. The normalized spacial score (nSPS) is 12.8. The minimum atomic E-state index is 0.147. The average Bonchev–Trinajstić information content (AvgIpc) is 2.82. The fourth-order valence-electron chi connectivity index (χ4n) is 1.88. The third-order valence-electron chi connectivity index (χ3n) is 2.69. The Kier molecular flexibility index (Phi) is 7.64. The lowest BCUT2D eigenvalue weighted by Gasteiger charge is -2.19. The van der Waals surface area contributed by atoms with Gasteiger partial charge in [0, 0.05) is 26.0 Å². The van der Waals surface area contributed by atoms with Gasteiger partial charge in [-0.3, -0.25) is 0 Å². The van der Waals surface area contributed by atoms with Gasteiger partial charge in [0.1, 0.15) is 5.82 Å². The zero-order valence-corrected chi connectivity index (χ0v) is 11.7. The van der Waals surface area contributed by atoms with Crippen molar-refractivity contribution in [3.05, 3.63) is 18.2 Å². The van der Waals surface area contributed by atoms with Crippen LogP contribution in [0, 0.1) is 0 Å². The van der Waals surface area contributed by atoms with Gasteiger partial charge in [0.25, 0.3) is 0 Å². The van der Waals surface area contributed by atoms with Gasteiger partial charge in [-0.1, -0.05) is 13.8 Å². The van der Waals surface area contributed by atoms with Crippen LogP contribution in [0.4, 0.5) is 0 Å². The first-order valence-corrected chi connectivity index (χ1v) is 6.64. The Bertz CT molecular complexity index is 315. The maximum Gasteiger partial charge on any atom is 0.128 e. The Labute approximate surface area is 109 Å². The van der Waals surface area contributed by atoms with Crippen LogP contribution in [0.1, 0.15) is 32.1 Å². The van der Waals surface area contributed by atoms with E-state index in [1.807, 2.05) is 12.4 Å². The molecule has 1 N–H and O–H groups in total. The van der Waals surface area contributed by atoms with Crippen LogP contribution in [0.3, 0.4) is 0 Å². The Hall–Kier alpha value is -0.910. The lowest BCUT2D eigenvalue weighted by molar-refractivity contribution is 0.0571. The molecule has 104 valence electrons. The summed E-state index contributed by atoms with van der Waals surface area (Å²) in [6.07, 6.45) is 4.98. The lowest BCUT2D eigenvalue weighted by Crippen LogP contribution is -2.28. The van der Waals surface area contributed by atoms with Gasteiger partial charge in [0.05, 0.1) is 25.9 Å². The highest BCUT2D eigenvalue weighted by Crippen LogP contribution is 2.12. The SMILES string of the molecule is CCCn1ccnc1C(COCCOC)NCC. The fraction of sp³-hybridized carbons (Fsp3) is 0.769. The summed E-state index contributed by atoms with van der Waals surface area (Å²) < 4.78 is 12.8. The van der Waals surface area contributed by atoms with Crippen molar-refractivity contribution in [2.45, 2.75) is 32.9 Å². The Morgan fingerprint density at radius 2 is 2.22 bits per heavy atom. The highest BCUT2D eigenvalue weighted by molar-refractivity contribution is 4.99. The molecule has 1 heterocycles. The highest BCUT2D eigenvalue weighted by Gasteiger charge is 2.15. The molecule has 0 aliphatic carbocycles. The summed E-state index contributed by atoms with van der Waals surface area (Å²) in [6, 6.07) is 0.147. The van der Waals surface area contributed by atoms with Crippen molar-refractivity contribution in [3.8, 4) is 0 Å². The van der Waals surface area contributed by atoms with Gasteiger partial charge < -0.3 is 19.4 Å². The van der Waals surface area contributed by atoms with E-state index in [0.29, 0.717) is 19.8 Å². The Morgan fingerprint density at radius 1 is 1.39 bits per heavy atom. The van der Waals surface area contributed by atoms with Gasteiger partial charge in [-0.15, -0.1) is 0 Å². The monoisotopic (exact) mass is 255 g/mol. The van der Waals surface area contributed by atoms with E-state index in [0.717, 1.165) is 25.3 Å². The molecular weight excluding hydrogens is 230 g/mol. The molecule has 18 heavy (non-hydrogen) atoms. The minimum Gasteiger partial charge on any atom is -0.382 e.